The van der Waals surface area contributed by atoms with E-state index in [9.17, 15) is 9.90 Å². The second-order valence-corrected chi connectivity index (χ2v) is 6.85. The maximum Gasteiger partial charge on any atom is 0.309 e. The topological polar surface area (TPSA) is 59.1 Å². The van der Waals surface area contributed by atoms with Gasteiger partial charge in [-0.3, -0.25) is 4.79 Å². The number of rotatable bonds is 0. The van der Waals surface area contributed by atoms with Crippen LogP contribution in [0.15, 0.2) is 11.6 Å². The SMILES string of the molecule is CC1=C[C@@H](O)[C@]23O[C@]2(C)CC[C@@H]2[C@H](OC(=O)[C@H]2C)[C@@H]13. The molecule has 0 aromatic carbocycles. The smallest absolute Gasteiger partial charge is 0.309 e. The molecule has 7 atom stereocenters. The van der Waals surface area contributed by atoms with E-state index in [-0.39, 0.29) is 35.4 Å². The zero-order valence-electron chi connectivity index (χ0n) is 11.6. The molecule has 0 unspecified atom stereocenters. The van der Waals surface area contributed by atoms with E-state index in [1.54, 1.807) is 0 Å². The number of ether oxygens (including phenoxy) is 2. The molecule has 2 saturated heterocycles. The fraction of sp³-hybridized carbons (Fsp3) is 0.800. The van der Waals surface area contributed by atoms with E-state index in [1.807, 2.05) is 19.9 Å². The second kappa shape index (κ2) is 3.23. The maximum absolute atomic E-state index is 11.9. The van der Waals surface area contributed by atoms with E-state index in [2.05, 4.69) is 6.92 Å². The summed E-state index contributed by atoms with van der Waals surface area (Å²) in [6.07, 6.45) is 3.02. The van der Waals surface area contributed by atoms with Crippen LogP contribution in [0, 0.1) is 17.8 Å². The van der Waals surface area contributed by atoms with Crippen molar-refractivity contribution in [1.82, 2.24) is 0 Å². The Labute approximate surface area is 112 Å². The summed E-state index contributed by atoms with van der Waals surface area (Å²) in [7, 11) is 0. The Kier molecular flexibility index (Phi) is 2.03. The summed E-state index contributed by atoms with van der Waals surface area (Å²) in [4.78, 5) is 11.9. The van der Waals surface area contributed by atoms with Crippen LogP contribution in [0.25, 0.3) is 0 Å². The molecule has 3 fully saturated rings. The Hall–Kier alpha value is -0.870. The van der Waals surface area contributed by atoms with Crippen molar-refractivity contribution >= 4 is 5.97 Å². The van der Waals surface area contributed by atoms with E-state index >= 15 is 0 Å². The van der Waals surface area contributed by atoms with Crippen molar-refractivity contribution in [3.05, 3.63) is 11.6 Å². The van der Waals surface area contributed by atoms with Crippen LogP contribution in [0.2, 0.25) is 0 Å². The molecular weight excluding hydrogens is 244 g/mol. The second-order valence-electron chi connectivity index (χ2n) is 6.85. The van der Waals surface area contributed by atoms with Crippen molar-refractivity contribution < 1.29 is 19.4 Å². The van der Waals surface area contributed by atoms with Crippen molar-refractivity contribution in [3.63, 3.8) is 0 Å². The molecule has 4 rings (SSSR count). The highest BCUT2D eigenvalue weighted by atomic mass is 16.6. The third-order valence-electron chi connectivity index (χ3n) is 5.96. The van der Waals surface area contributed by atoms with Gasteiger partial charge in [-0.2, -0.15) is 0 Å². The molecule has 104 valence electrons. The van der Waals surface area contributed by atoms with Crippen LogP contribution < -0.4 is 0 Å². The summed E-state index contributed by atoms with van der Waals surface area (Å²) < 4.78 is 11.7. The number of fused-ring (bicyclic) bond motifs is 2. The Morgan fingerprint density at radius 1 is 1.47 bits per heavy atom. The Balaban J connectivity index is 1.81. The van der Waals surface area contributed by atoms with Gasteiger partial charge in [0, 0.05) is 5.92 Å². The van der Waals surface area contributed by atoms with Gasteiger partial charge in [0.25, 0.3) is 0 Å². The highest BCUT2D eigenvalue weighted by molar-refractivity contribution is 5.75. The monoisotopic (exact) mass is 264 g/mol. The predicted molar refractivity (Wildman–Crippen MR) is 67.2 cm³/mol. The number of epoxide rings is 1. The lowest BCUT2D eigenvalue weighted by atomic mass is 9.77. The maximum atomic E-state index is 11.9. The molecule has 0 amide bonds. The van der Waals surface area contributed by atoms with Crippen LogP contribution in [0.1, 0.15) is 33.6 Å². The molecule has 19 heavy (non-hydrogen) atoms. The van der Waals surface area contributed by atoms with Crippen LogP contribution in [-0.4, -0.2) is 34.5 Å². The number of carbonyl (C=O) groups excluding carboxylic acids is 1. The molecule has 2 aliphatic heterocycles. The summed E-state index contributed by atoms with van der Waals surface area (Å²) in [5.41, 5.74) is 0.304. The van der Waals surface area contributed by atoms with Crippen molar-refractivity contribution in [2.75, 3.05) is 0 Å². The fourth-order valence-electron chi connectivity index (χ4n) is 4.82. The average Bonchev–Trinajstić information content (AvgIpc) is 2.77. The van der Waals surface area contributed by atoms with Gasteiger partial charge in [-0.1, -0.05) is 18.6 Å². The molecule has 1 saturated carbocycles. The minimum atomic E-state index is -0.573. The molecule has 4 heteroatoms. The first-order valence-corrected chi connectivity index (χ1v) is 7.18. The summed E-state index contributed by atoms with van der Waals surface area (Å²) in [6, 6.07) is 0. The molecule has 1 N–H and O–H groups in total. The third kappa shape index (κ3) is 1.16. The van der Waals surface area contributed by atoms with Gasteiger partial charge in [-0.25, -0.2) is 0 Å². The first-order chi connectivity index (χ1) is 8.91. The van der Waals surface area contributed by atoms with Gasteiger partial charge in [0.2, 0.25) is 0 Å². The summed E-state index contributed by atoms with van der Waals surface area (Å²) >= 11 is 0. The molecule has 2 heterocycles. The molecule has 0 aromatic heterocycles. The highest BCUT2D eigenvalue weighted by Gasteiger charge is 2.79. The quantitative estimate of drug-likeness (QED) is 0.408. The van der Waals surface area contributed by atoms with E-state index in [4.69, 9.17) is 9.47 Å². The summed E-state index contributed by atoms with van der Waals surface area (Å²) in [6.45, 7) is 6.07. The molecular formula is C15H20O4. The Morgan fingerprint density at radius 2 is 2.21 bits per heavy atom. The number of hydrogen-bond acceptors (Lipinski definition) is 4. The summed E-state index contributed by atoms with van der Waals surface area (Å²) in [5.74, 6) is 0.155. The zero-order valence-corrected chi connectivity index (χ0v) is 11.6. The lowest BCUT2D eigenvalue weighted by molar-refractivity contribution is -0.146. The van der Waals surface area contributed by atoms with Crippen molar-refractivity contribution in [1.29, 1.82) is 0 Å². The van der Waals surface area contributed by atoms with Gasteiger partial charge in [-0.05, 0) is 26.7 Å². The van der Waals surface area contributed by atoms with Gasteiger partial charge in [-0.15, -0.1) is 0 Å². The molecule has 0 aromatic rings. The largest absolute Gasteiger partial charge is 0.461 e. The lowest BCUT2D eigenvalue weighted by Gasteiger charge is -2.28. The van der Waals surface area contributed by atoms with Gasteiger partial charge < -0.3 is 14.6 Å². The fourth-order valence-corrected chi connectivity index (χ4v) is 4.82. The number of carbonyl (C=O) groups is 1. The highest BCUT2D eigenvalue weighted by Crippen LogP contribution is 2.67. The van der Waals surface area contributed by atoms with Crippen LogP contribution in [0.3, 0.4) is 0 Å². The lowest BCUT2D eigenvalue weighted by Crippen LogP contribution is -2.43. The normalized spacial score (nSPS) is 58.6. The van der Waals surface area contributed by atoms with Gasteiger partial charge in [0.05, 0.1) is 17.4 Å². The van der Waals surface area contributed by atoms with Crippen molar-refractivity contribution in [2.24, 2.45) is 17.8 Å². The van der Waals surface area contributed by atoms with Crippen molar-refractivity contribution in [2.45, 2.75) is 57.0 Å². The first kappa shape index (κ1) is 11.9. The zero-order chi connectivity index (χ0) is 13.6. The Bertz CT molecular complexity index is 498. The van der Waals surface area contributed by atoms with Gasteiger partial charge in [0.1, 0.15) is 17.8 Å². The number of aliphatic hydroxyl groups is 1. The summed E-state index contributed by atoms with van der Waals surface area (Å²) in [5, 5.41) is 10.4. The molecule has 0 bridgehead atoms. The molecule has 4 aliphatic rings. The van der Waals surface area contributed by atoms with Gasteiger partial charge in [0.15, 0.2) is 0 Å². The molecule has 0 radical (unpaired) electrons. The minimum absolute atomic E-state index is 0.0221. The Morgan fingerprint density at radius 3 is 2.95 bits per heavy atom. The predicted octanol–water partition coefficient (Wildman–Crippen LogP) is 1.42. The van der Waals surface area contributed by atoms with E-state index in [0.717, 1.165) is 18.4 Å². The third-order valence-corrected chi connectivity index (χ3v) is 5.96. The van der Waals surface area contributed by atoms with Crippen molar-refractivity contribution in [3.8, 4) is 0 Å². The standard InChI is InChI=1S/C15H20O4/c1-7-6-10(16)15-11(7)12-9(8(2)13(17)18-12)4-5-14(15,3)19-15/h6,8-12,16H,4-5H2,1-3H3/t8-,9-,10+,11+,12-,14+,15+/m0/s1. The minimum Gasteiger partial charge on any atom is -0.461 e. The number of esters is 1. The molecule has 4 nitrogen and oxygen atoms in total. The van der Waals surface area contributed by atoms with E-state index < -0.39 is 11.7 Å². The first-order valence-electron chi connectivity index (χ1n) is 7.18. The van der Waals surface area contributed by atoms with Crippen LogP contribution >= 0.6 is 0 Å². The molecule has 2 aliphatic carbocycles. The number of aliphatic hydroxyl groups excluding tert-OH is 1. The van der Waals surface area contributed by atoms with E-state index in [0.29, 0.717) is 0 Å². The van der Waals surface area contributed by atoms with Crippen LogP contribution in [0.5, 0.6) is 0 Å². The van der Waals surface area contributed by atoms with Gasteiger partial charge >= 0.3 is 5.97 Å². The average molecular weight is 264 g/mol. The van der Waals surface area contributed by atoms with Crippen LogP contribution in [0.4, 0.5) is 0 Å². The number of hydrogen-bond donors (Lipinski definition) is 1. The molecule has 1 spiro atoms. The van der Waals surface area contributed by atoms with Crippen LogP contribution in [-0.2, 0) is 14.3 Å². The van der Waals surface area contributed by atoms with E-state index in [1.165, 1.54) is 0 Å².